The number of methoxy groups -OCH3 is 1. The molecule has 18 heavy (non-hydrogen) atoms. The molecule has 0 fully saturated rings. The highest BCUT2D eigenvalue weighted by Crippen LogP contribution is 2.26. The minimum atomic E-state index is -0.401. The molecule has 1 aliphatic rings. The van der Waals surface area contributed by atoms with Crippen molar-refractivity contribution in [2.75, 3.05) is 20.3 Å². The summed E-state index contributed by atoms with van der Waals surface area (Å²) in [6.45, 7) is 3.54. The third-order valence-corrected chi connectivity index (χ3v) is 3.58. The van der Waals surface area contributed by atoms with E-state index < -0.39 is 6.10 Å². The lowest BCUT2D eigenvalue weighted by molar-refractivity contribution is 0.0229. The first-order valence-corrected chi connectivity index (χ1v) is 6.38. The standard InChI is InChI=1S/C15H21NO2/c1-12-15(17)9-6-10-16(12)14(11-18-2)13-7-4-3-5-8-13/h3-9,12,14-15,17H,10-11H2,1-2H3/t12-,14-,15+/m0/s1. The van der Waals surface area contributed by atoms with Gasteiger partial charge in [-0.15, -0.1) is 0 Å². The SMILES string of the molecule is COC[C@@H](c1ccccc1)N1CC=C[C@@H](O)[C@@H]1C. The quantitative estimate of drug-likeness (QED) is 0.826. The first-order chi connectivity index (χ1) is 8.74. The van der Waals surface area contributed by atoms with Crippen molar-refractivity contribution in [1.29, 1.82) is 0 Å². The van der Waals surface area contributed by atoms with Crippen LogP contribution in [-0.4, -0.2) is 42.4 Å². The summed E-state index contributed by atoms with van der Waals surface area (Å²) in [7, 11) is 1.72. The molecule has 0 saturated carbocycles. The van der Waals surface area contributed by atoms with Crippen LogP contribution in [0.4, 0.5) is 0 Å². The highest BCUT2D eigenvalue weighted by atomic mass is 16.5. The molecule has 0 saturated heterocycles. The molecule has 1 N–H and O–H groups in total. The number of nitrogens with zero attached hydrogens (tertiary/aromatic N) is 1. The van der Waals surface area contributed by atoms with Crippen LogP contribution < -0.4 is 0 Å². The summed E-state index contributed by atoms with van der Waals surface area (Å²) < 4.78 is 5.35. The maximum absolute atomic E-state index is 9.94. The minimum absolute atomic E-state index is 0.107. The number of aliphatic hydroxyl groups is 1. The summed E-state index contributed by atoms with van der Waals surface area (Å²) in [4.78, 5) is 2.28. The predicted molar refractivity (Wildman–Crippen MR) is 72.4 cm³/mol. The monoisotopic (exact) mass is 247 g/mol. The highest BCUT2D eigenvalue weighted by molar-refractivity contribution is 5.20. The van der Waals surface area contributed by atoms with Gasteiger partial charge in [0.2, 0.25) is 0 Å². The van der Waals surface area contributed by atoms with Crippen molar-refractivity contribution in [3.05, 3.63) is 48.0 Å². The van der Waals surface area contributed by atoms with E-state index in [2.05, 4.69) is 24.0 Å². The van der Waals surface area contributed by atoms with Gasteiger partial charge in [-0.2, -0.15) is 0 Å². The zero-order valence-electron chi connectivity index (χ0n) is 11.0. The summed E-state index contributed by atoms with van der Waals surface area (Å²) >= 11 is 0. The third-order valence-electron chi connectivity index (χ3n) is 3.58. The van der Waals surface area contributed by atoms with E-state index in [0.29, 0.717) is 6.61 Å². The highest BCUT2D eigenvalue weighted by Gasteiger charge is 2.29. The number of benzene rings is 1. The third kappa shape index (κ3) is 2.80. The Hall–Kier alpha value is -1.16. The van der Waals surface area contributed by atoms with Crippen molar-refractivity contribution in [3.63, 3.8) is 0 Å². The Morgan fingerprint density at radius 2 is 2.11 bits per heavy atom. The van der Waals surface area contributed by atoms with E-state index in [4.69, 9.17) is 4.74 Å². The normalized spacial score (nSPS) is 26.2. The summed E-state index contributed by atoms with van der Waals surface area (Å²) in [5.74, 6) is 0. The zero-order chi connectivity index (χ0) is 13.0. The van der Waals surface area contributed by atoms with E-state index in [1.807, 2.05) is 30.4 Å². The average molecular weight is 247 g/mol. The second-order valence-corrected chi connectivity index (χ2v) is 4.74. The fourth-order valence-corrected chi connectivity index (χ4v) is 2.47. The summed E-state index contributed by atoms with van der Waals surface area (Å²) in [5.41, 5.74) is 1.23. The number of hydrogen-bond donors (Lipinski definition) is 1. The van der Waals surface area contributed by atoms with Crippen LogP contribution in [0.25, 0.3) is 0 Å². The van der Waals surface area contributed by atoms with Gasteiger partial charge in [0, 0.05) is 19.7 Å². The van der Waals surface area contributed by atoms with E-state index in [1.54, 1.807) is 7.11 Å². The van der Waals surface area contributed by atoms with Gasteiger partial charge >= 0.3 is 0 Å². The molecule has 2 rings (SSSR count). The number of rotatable bonds is 4. The molecule has 0 aromatic heterocycles. The molecule has 1 aromatic carbocycles. The van der Waals surface area contributed by atoms with Crippen LogP contribution in [0, 0.1) is 0 Å². The lowest BCUT2D eigenvalue weighted by Gasteiger charge is -2.39. The van der Waals surface area contributed by atoms with Crippen LogP contribution in [0.3, 0.4) is 0 Å². The van der Waals surface area contributed by atoms with Crippen molar-refractivity contribution in [1.82, 2.24) is 4.90 Å². The lowest BCUT2D eigenvalue weighted by atomic mass is 9.99. The lowest BCUT2D eigenvalue weighted by Crippen LogP contribution is -2.46. The van der Waals surface area contributed by atoms with E-state index in [-0.39, 0.29) is 12.1 Å². The van der Waals surface area contributed by atoms with Gasteiger partial charge in [0.05, 0.1) is 18.8 Å². The molecule has 0 radical (unpaired) electrons. The topological polar surface area (TPSA) is 32.7 Å². The Labute approximate surface area is 109 Å². The average Bonchev–Trinajstić information content (AvgIpc) is 2.41. The number of aliphatic hydroxyl groups excluding tert-OH is 1. The van der Waals surface area contributed by atoms with Gasteiger partial charge in [0.1, 0.15) is 0 Å². The van der Waals surface area contributed by atoms with Crippen molar-refractivity contribution >= 4 is 0 Å². The maximum Gasteiger partial charge on any atom is 0.0874 e. The van der Waals surface area contributed by atoms with E-state index in [1.165, 1.54) is 5.56 Å². The summed E-state index contributed by atoms with van der Waals surface area (Å²) in [6.07, 6.45) is 3.49. The Kier molecular flexibility index (Phi) is 4.53. The zero-order valence-corrected chi connectivity index (χ0v) is 11.0. The molecule has 0 unspecified atom stereocenters. The van der Waals surface area contributed by atoms with Crippen LogP contribution >= 0.6 is 0 Å². The van der Waals surface area contributed by atoms with Gasteiger partial charge in [-0.25, -0.2) is 0 Å². The van der Waals surface area contributed by atoms with Crippen LogP contribution in [0.1, 0.15) is 18.5 Å². The molecule has 98 valence electrons. The van der Waals surface area contributed by atoms with Crippen LogP contribution in [0.2, 0.25) is 0 Å². The van der Waals surface area contributed by atoms with Gasteiger partial charge in [-0.3, -0.25) is 4.90 Å². The maximum atomic E-state index is 9.94. The van der Waals surface area contributed by atoms with Gasteiger partial charge in [0.25, 0.3) is 0 Å². The van der Waals surface area contributed by atoms with Crippen molar-refractivity contribution in [2.45, 2.75) is 25.1 Å². The molecule has 0 aliphatic carbocycles. The molecule has 1 aliphatic heterocycles. The largest absolute Gasteiger partial charge is 0.387 e. The number of ether oxygens (including phenoxy) is 1. The predicted octanol–water partition coefficient (Wildman–Crippen LogP) is 2.00. The van der Waals surface area contributed by atoms with Crippen LogP contribution in [0.5, 0.6) is 0 Å². The molecule has 1 aromatic rings. The first-order valence-electron chi connectivity index (χ1n) is 6.38. The van der Waals surface area contributed by atoms with Gasteiger partial charge in [-0.05, 0) is 12.5 Å². The smallest absolute Gasteiger partial charge is 0.0874 e. The second kappa shape index (κ2) is 6.14. The van der Waals surface area contributed by atoms with Crippen molar-refractivity contribution < 1.29 is 9.84 Å². The Morgan fingerprint density at radius 3 is 2.78 bits per heavy atom. The van der Waals surface area contributed by atoms with Gasteiger partial charge in [0.15, 0.2) is 0 Å². The minimum Gasteiger partial charge on any atom is -0.387 e. The van der Waals surface area contributed by atoms with E-state index in [9.17, 15) is 5.11 Å². The molecule has 3 nitrogen and oxygen atoms in total. The van der Waals surface area contributed by atoms with Crippen molar-refractivity contribution in [3.8, 4) is 0 Å². The molecule has 0 amide bonds. The van der Waals surface area contributed by atoms with Crippen molar-refractivity contribution in [2.24, 2.45) is 0 Å². The molecule has 0 bridgehead atoms. The fourth-order valence-electron chi connectivity index (χ4n) is 2.47. The molecule has 3 heteroatoms. The van der Waals surface area contributed by atoms with Gasteiger partial charge in [-0.1, -0.05) is 42.5 Å². The molecule has 3 atom stereocenters. The molecule has 0 spiro atoms. The Morgan fingerprint density at radius 1 is 1.39 bits per heavy atom. The Balaban J connectivity index is 2.23. The Bertz CT molecular complexity index is 391. The van der Waals surface area contributed by atoms with Gasteiger partial charge < -0.3 is 9.84 Å². The number of hydrogen-bond acceptors (Lipinski definition) is 3. The molecular formula is C15H21NO2. The summed E-state index contributed by atoms with van der Waals surface area (Å²) in [6, 6.07) is 10.6. The summed E-state index contributed by atoms with van der Waals surface area (Å²) in [5, 5.41) is 9.94. The first kappa shape index (κ1) is 13.3. The van der Waals surface area contributed by atoms with E-state index in [0.717, 1.165) is 6.54 Å². The molecular weight excluding hydrogens is 226 g/mol. The van der Waals surface area contributed by atoms with Crippen LogP contribution in [-0.2, 0) is 4.74 Å². The molecule has 1 heterocycles. The van der Waals surface area contributed by atoms with Crippen LogP contribution in [0.15, 0.2) is 42.5 Å². The fraction of sp³-hybridized carbons (Fsp3) is 0.467. The second-order valence-electron chi connectivity index (χ2n) is 4.74. The van der Waals surface area contributed by atoms with E-state index >= 15 is 0 Å².